The van der Waals surface area contributed by atoms with Gasteiger partial charge >= 0.3 is 0 Å². The average molecular weight is 258 g/mol. The zero-order valence-corrected chi connectivity index (χ0v) is 10.7. The predicted molar refractivity (Wildman–Crippen MR) is 72.6 cm³/mol. The first kappa shape index (κ1) is 12.9. The molecule has 0 atom stereocenters. The van der Waals surface area contributed by atoms with Crippen molar-refractivity contribution in [2.75, 3.05) is 5.73 Å². The van der Waals surface area contributed by atoms with Gasteiger partial charge in [0.25, 0.3) is 5.69 Å². The maximum atomic E-state index is 10.6. The fraction of sp³-hybridized carbons (Fsp3) is 0.231. The minimum atomic E-state index is -0.441. The van der Waals surface area contributed by atoms with Crippen LogP contribution in [-0.4, -0.2) is 14.9 Å². The number of nitro groups is 1. The van der Waals surface area contributed by atoms with E-state index in [0.29, 0.717) is 17.2 Å². The predicted octanol–water partition coefficient (Wildman–Crippen LogP) is 2.76. The van der Waals surface area contributed by atoms with Crippen molar-refractivity contribution >= 4 is 11.5 Å². The summed E-state index contributed by atoms with van der Waals surface area (Å²) in [6.07, 6.45) is 0. The lowest BCUT2D eigenvalue weighted by atomic mass is 10.1. The van der Waals surface area contributed by atoms with Crippen LogP contribution in [0.1, 0.15) is 25.5 Å². The summed E-state index contributed by atoms with van der Waals surface area (Å²) in [6.45, 7) is 4.03. The van der Waals surface area contributed by atoms with Gasteiger partial charge in [-0.3, -0.25) is 10.1 Å². The molecule has 19 heavy (non-hydrogen) atoms. The number of anilines is 1. The quantitative estimate of drug-likeness (QED) is 0.674. The Morgan fingerprint density at radius 2 is 1.84 bits per heavy atom. The molecule has 0 aliphatic rings. The van der Waals surface area contributed by atoms with Crippen molar-refractivity contribution < 1.29 is 4.92 Å². The first-order chi connectivity index (χ1) is 8.97. The van der Waals surface area contributed by atoms with Crippen LogP contribution in [0.4, 0.5) is 11.5 Å². The van der Waals surface area contributed by atoms with Gasteiger partial charge in [-0.2, -0.15) is 0 Å². The molecule has 0 bridgehead atoms. The second-order valence-corrected chi connectivity index (χ2v) is 4.50. The first-order valence-electron chi connectivity index (χ1n) is 5.86. The monoisotopic (exact) mass is 258 g/mol. The Kier molecular flexibility index (Phi) is 3.41. The van der Waals surface area contributed by atoms with Gasteiger partial charge in [0.05, 0.1) is 4.92 Å². The summed E-state index contributed by atoms with van der Waals surface area (Å²) in [4.78, 5) is 18.7. The smallest absolute Gasteiger partial charge is 0.269 e. The normalized spacial score (nSPS) is 10.7. The van der Waals surface area contributed by atoms with E-state index in [9.17, 15) is 10.1 Å². The lowest BCUT2D eigenvalue weighted by Gasteiger charge is -2.08. The molecule has 0 aliphatic heterocycles. The van der Waals surface area contributed by atoms with Gasteiger partial charge in [-0.05, 0) is 18.1 Å². The molecule has 0 saturated heterocycles. The minimum absolute atomic E-state index is 0.0386. The number of benzene rings is 1. The third-order valence-electron chi connectivity index (χ3n) is 2.69. The van der Waals surface area contributed by atoms with E-state index in [1.54, 1.807) is 18.2 Å². The second kappa shape index (κ2) is 5.01. The Balaban J connectivity index is 2.43. The summed E-state index contributed by atoms with van der Waals surface area (Å²) in [5.41, 5.74) is 7.35. The van der Waals surface area contributed by atoms with Gasteiger partial charge < -0.3 is 5.73 Å². The molecule has 2 rings (SSSR count). The molecular formula is C13H14N4O2. The van der Waals surface area contributed by atoms with Crippen LogP contribution in [0.3, 0.4) is 0 Å². The van der Waals surface area contributed by atoms with E-state index in [-0.39, 0.29) is 11.6 Å². The van der Waals surface area contributed by atoms with Crippen molar-refractivity contribution in [3.05, 3.63) is 46.1 Å². The highest BCUT2D eigenvalue weighted by molar-refractivity contribution is 5.59. The zero-order valence-electron chi connectivity index (χ0n) is 10.7. The Labute approximate surface area is 110 Å². The van der Waals surface area contributed by atoms with E-state index in [0.717, 1.165) is 5.69 Å². The number of aromatic nitrogens is 2. The molecule has 0 radical (unpaired) electrons. The number of rotatable bonds is 3. The Bertz CT molecular complexity index is 609. The standard InChI is InChI=1S/C13H14N4O2/c1-8(2)11-7-12(14)16-13(15-11)9-3-5-10(6-4-9)17(18)19/h3-8H,1-2H3,(H2,14,15,16). The van der Waals surface area contributed by atoms with Gasteiger partial charge in [0.1, 0.15) is 5.82 Å². The van der Waals surface area contributed by atoms with Crippen LogP contribution in [0, 0.1) is 10.1 Å². The highest BCUT2D eigenvalue weighted by atomic mass is 16.6. The number of non-ortho nitro benzene ring substituents is 1. The van der Waals surface area contributed by atoms with Gasteiger partial charge in [0.2, 0.25) is 0 Å². The van der Waals surface area contributed by atoms with Gasteiger partial charge in [-0.25, -0.2) is 9.97 Å². The molecule has 0 unspecified atom stereocenters. The molecule has 1 aromatic heterocycles. The van der Waals surface area contributed by atoms with Gasteiger partial charge in [-0.1, -0.05) is 13.8 Å². The molecule has 0 fully saturated rings. The van der Waals surface area contributed by atoms with Crippen molar-refractivity contribution in [1.29, 1.82) is 0 Å². The SMILES string of the molecule is CC(C)c1cc(N)nc(-c2ccc([N+](=O)[O-])cc2)n1. The Morgan fingerprint density at radius 3 is 2.37 bits per heavy atom. The fourth-order valence-electron chi connectivity index (χ4n) is 1.64. The molecule has 1 heterocycles. The molecule has 0 amide bonds. The molecular weight excluding hydrogens is 244 g/mol. The van der Waals surface area contributed by atoms with Crippen molar-refractivity contribution in [2.45, 2.75) is 19.8 Å². The maximum Gasteiger partial charge on any atom is 0.269 e. The second-order valence-electron chi connectivity index (χ2n) is 4.50. The molecule has 2 aromatic rings. The van der Waals surface area contributed by atoms with Crippen molar-refractivity contribution in [3.63, 3.8) is 0 Å². The van der Waals surface area contributed by atoms with Crippen LogP contribution < -0.4 is 5.73 Å². The summed E-state index contributed by atoms with van der Waals surface area (Å²) in [5.74, 6) is 1.12. The molecule has 2 N–H and O–H groups in total. The van der Waals surface area contributed by atoms with Crippen molar-refractivity contribution in [2.24, 2.45) is 0 Å². The largest absolute Gasteiger partial charge is 0.384 e. The Hall–Kier alpha value is -2.50. The van der Waals surface area contributed by atoms with Gasteiger partial charge in [-0.15, -0.1) is 0 Å². The average Bonchev–Trinajstić information content (AvgIpc) is 2.38. The number of hydrogen-bond donors (Lipinski definition) is 1. The van der Waals surface area contributed by atoms with Gasteiger partial charge in [0, 0.05) is 29.5 Å². The van der Waals surface area contributed by atoms with Crippen LogP contribution in [0.5, 0.6) is 0 Å². The zero-order chi connectivity index (χ0) is 14.0. The summed E-state index contributed by atoms with van der Waals surface area (Å²) >= 11 is 0. The molecule has 0 spiro atoms. The molecule has 1 aromatic carbocycles. The fourth-order valence-corrected chi connectivity index (χ4v) is 1.64. The lowest BCUT2D eigenvalue weighted by molar-refractivity contribution is -0.384. The van der Waals surface area contributed by atoms with Crippen LogP contribution in [0.2, 0.25) is 0 Å². The first-order valence-corrected chi connectivity index (χ1v) is 5.86. The topological polar surface area (TPSA) is 94.9 Å². The molecule has 6 nitrogen and oxygen atoms in total. The summed E-state index contributed by atoms with van der Waals surface area (Å²) in [6, 6.07) is 7.83. The van der Waals surface area contributed by atoms with Crippen LogP contribution in [0.25, 0.3) is 11.4 Å². The third-order valence-corrected chi connectivity index (χ3v) is 2.69. The van der Waals surface area contributed by atoms with E-state index < -0.39 is 4.92 Å². The third kappa shape index (κ3) is 2.85. The summed E-state index contributed by atoms with van der Waals surface area (Å²) in [7, 11) is 0. The molecule has 0 saturated carbocycles. The molecule has 98 valence electrons. The maximum absolute atomic E-state index is 10.6. The lowest BCUT2D eigenvalue weighted by Crippen LogP contribution is -2.01. The van der Waals surface area contributed by atoms with Crippen LogP contribution in [0.15, 0.2) is 30.3 Å². The summed E-state index contributed by atoms with van der Waals surface area (Å²) in [5, 5.41) is 10.6. The number of nitrogen functional groups attached to an aromatic ring is 1. The number of nitro benzene ring substituents is 1. The summed E-state index contributed by atoms with van der Waals surface area (Å²) < 4.78 is 0. The van der Waals surface area contributed by atoms with E-state index in [1.807, 2.05) is 13.8 Å². The molecule has 0 aliphatic carbocycles. The van der Waals surface area contributed by atoms with Crippen molar-refractivity contribution in [1.82, 2.24) is 9.97 Å². The van der Waals surface area contributed by atoms with E-state index in [4.69, 9.17) is 5.73 Å². The van der Waals surface area contributed by atoms with Gasteiger partial charge in [0.15, 0.2) is 5.82 Å². The Morgan fingerprint density at radius 1 is 1.21 bits per heavy atom. The van der Waals surface area contributed by atoms with E-state index in [2.05, 4.69) is 9.97 Å². The number of nitrogens with zero attached hydrogens (tertiary/aromatic N) is 3. The highest BCUT2D eigenvalue weighted by Gasteiger charge is 2.10. The van der Waals surface area contributed by atoms with E-state index >= 15 is 0 Å². The van der Waals surface area contributed by atoms with Crippen LogP contribution >= 0.6 is 0 Å². The minimum Gasteiger partial charge on any atom is -0.384 e. The van der Waals surface area contributed by atoms with E-state index in [1.165, 1.54) is 12.1 Å². The molecule has 6 heteroatoms. The van der Waals surface area contributed by atoms with Crippen molar-refractivity contribution in [3.8, 4) is 11.4 Å². The number of hydrogen-bond acceptors (Lipinski definition) is 5. The highest BCUT2D eigenvalue weighted by Crippen LogP contribution is 2.22. The number of nitrogens with two attached hydrogens (primary N) is 1. The van der Waals surface area contributed by atoms with Crippen LogP contribution in [-0.2, 0) is 0 Å².